The van der Waals surface area contributed by atoms with Crippen LogP contribution >= 0.6 is 0 Å². The first-order chi connectivity index (χ1) is 18.6. The number of carbonyl (C=O) groups excluding carboxylic acids is 2. The number of nitrogens with zero attached hydrogens (tertiary/aromatic N) is 2. The van der Waals surface area contributed by atoms with Crippen LogP contribution in [0.2, 0.25) is 0 Å². The van der Waals surface area contributed by atoms with E-state index in [2.05, 4.69) is 5.32 Å². The van der Waals surface area contributed by atoms with Gasteiger partial charge in [-0.2, -0.15) is 0 Å². The Kier molecular flexibility index (Phi) is 10.4. The summed E-state index contributed by atoms with van der Waals surface area (Å²) in [5, 5.41) is 2.89. The molecule has 0 aliphatic heterocycles. The van der Waals surface area contributed by atoms with Gasteiger partial charge < -0.3 is 15.0 Å². The van der Waals surface area contributed by atoms with Gasteiger partial charge in [-0.05, 0) is 53.9 Å². The predicted octanol–water partition coefficient (Wildman–Crippen LogP) is 3.77. The molecule has 0 aliphatic rings. The number of hydrogen-bond acceptors (Lipinski definition) is 5. The van der Waals surface area contributed by atoms with Gasteiger partial charge in [0, 0.05) is 19.5 Å². The van der Waals surface area contributed by atoms with Crippen LogP contribution in [0.1, 0.15) is 24.5 Å². The van der Waals surface area contributed by atoms with Crippen LogP contribution in [0.3, 0.4) is 0 Å². The second kappa shape index (κ2) is 13.7. The van der Waals surface area contributed by atoms with Crippen LogP contribution in [0, 0.1) is 5.82 Å². The van der Waals surface area contributed by atoms with Crippen LogP contribution in [-0.2, 0) is 32.6 Å². The largest absolute Gasteiger partial charge is 0.497 e. The normalized spacial score (nSPS) is 11.9. The lowest BCUT2D eigenvalue weighted by Crippen LogP contribution is -2.53. The third-order valence-corrected chi connectivity index (χ3v) is 7.24. The van der Waals surface area contributed by atoms with E-state index in [1.807, 2.05) is 37.3 Å². The minimum Gasteiger partial charge on any atom is -0.497 e. The quantitative estimate of drug-likeness (QED) is 0.347. The van der Waals surface area contributed by atoms with Gasteiger partial charge >= 0.3 is 0 Å². The molecule has 0 heterocycles. The predicted molar refractivity (Wildman–Crippen MR) is 149 cm³/mol. The molecule has 0 aliphatic carbocycles. The highest BCUT2D eigenvalue weighted by Gasteiger charge is 2.33. The summed E-state index contributed by atoms with van der Waals surface area (Å²) < 4.78 is 45.2. The molecule has 3 aromatic rings. The number of nitrogens with one attached hydrogen (secondary N) is 1. The van der Waals surface area contributed by atoms with E-state index in [0.717, 1.165) is 28.3 Å². The fourth-order valence-corrected chi connectivity index (χ4v) is 4.96. The molecule has 3 rings (SSSR count). The Bertz CT molecular complexity index is 1350. The smallest absolute Gasteiger partial charge is 0.244 e. The number of rotatable bonds is 13. The summed E-state index contributed by atoms with van der Waals surface area (Å²) in [5.41, 5.74) is 1.69. The SMILES string of the molecule is CCCNC(=O)C(Cc1ccccc1)N(Cc1cccc(OC)c1)C(=O)CN(c1ccc(F)cc1)S(C)(=O)=O. The Morgan fingerprint density at radius 2 is 1.64 bits per heavy atom. The van der Waals surface area contributed by atoms with Crippen LogP contribution in [0.4, 0.5) is 10.1 Å². The van der Waals surface area contributed by atoms with Gasteiger partial charge in [0.15, 0.2) is 0 Å². The number of carbonyl (C=O) groups is 2. The minimum atomic E-state index is -3.92. The van der Waals surface area contributed by atoms with Crippen molar-refractivity contribution >= 4 is 27.5 Å². The monoisotopic (exact) mass is 555 g/mol. The van der Waals surface area contributed by atoms with Crippen molar-refractivity contribution in [3.63, 3.8) is 0 Å². The summed E-state index contributed by atoms with van der Waals surface area (Å²) in [6.45, 7) is 1.82. The van der Waals surface area contributed by atoms with Gasteiger partial charge in [0.2, 0.25) is 21.8 Å². The first-order valence-corrected chi connectivity index (χ1v) is 14.4. The molecular weight excluding hydrogens is 521 g/mol. The van der Waals surface area contributed by atoms with E-state index in [9.17, 15) is 22.4 Å². The van der Waals surface area contributed by atoms with Crippen molar-refractivity contribution in [2.24, 2.45) is 0 Å². The molecule has 0 aromatic heterocycles. The number of halogens is 1. The highest BCUT2D eigenvalue weighted by molar-refractivity contribution is 7.92. The van der Waals surface area contributed by atoms with Crippen LogP contribution < -0.4 is 14.4 Å². The zero-order chi connectivity index (χ0) is 28.4. The second-order valence-corrected chi connectivity index (χ2v) is 11.0. The third kappa shape index (κ3) is 8.54. The number of methoxy groups -OCH3 is 1. The Balaban J connectivity index is 2.04. The molecule has 1 unspecified atom stereocenters. The molecule has 0 saturated heterocycles. The molecule has 0 bridgehead atoms. The Labute approximate surface area is 229 Å². The summed E-state index contributed by atoms with van der Waals surface area (Å²) in [5.74, 6) is -0.877. The van der Waals surface area contributed by atoms with Crippen molar-refractivity contribution in [2.75, 3.05) is 30.8 Å². The molecule has 1 atom stereocenters. The molecule has 208 valence electrons. The maximum atomic E-state index is 13.9. The fraction of sp³-hybridized carbons (Fsp3) is 0.310. The van der Waals surface area contributed by atoms with E-state index in [1.54, 1.807) is 24.3 Å². The number of hydrogen-bond donors (Lipinski definition) is 1. The van der Waals surface area contributed by atoms with E-state index in [0.29, 0.717) is 24.3 Å². The van der Waals surface area contributed by atoms with E-state index < -0.39 is 34.3 Å². The Morgan fingerprint density at radius 3 is 2.26 bits per heavy atom. The molecule has 0 radical (unpaired) electrons. The summed E-state index contributed by atoms with van der Waals surface area (Å²) in [7, 11) is -2.39. The number of amides is 2. The van der Waals surface area contributed by atoms with E-state index in [-0.39, 0.29) is 24.6 Å². The summed E-state index contributed by atoms with van der Waals surface area (Å²) in [6.07, 6.45) is 1.91. The summed E-state index contributed by atoms with van der Waals surface area (Å²) in [6, 6.07) is 20.3. The Morgan fingerprint density at radius 1 is 0.974 bits per heavy atom. The van der Waals surface area contributed by atoms with Crippen LogP contribution in [-0.4, -0.2) is 57.6 Å². The second-order valence-electron chi connectivity index (χ2n) is 9.12. The van der Waals surface area contributed by atoms with Gasteiger partial charge in [-0.15, -0.1) is 0 Å². The first-order valence-electron chi connectivity index (χ1n) is 12.6. The van der Waals surface area contributed by atoms with Crippen LogP contribution in [0.25, 0.3) is 0 Å². The zero-order valence-electron chi connectivity index (χ0n) is 22.3. The Hall–Kier alpha value is -3.92. The van der Waals surface area contributed by atoms with Crippen LogP contribution in [0.5, 0.6) is 5.75 Å². The maximum Gasteiger partial charge on any atom is 0.244 e. The zero-order valence-corrected chi connectivity index (χ0v) is 23.2. The van der Waals surface area contributed by atoms with Crippen molar-refractivity contribution in [3.8, 4) is 5.75 Å². The lowest BCUT2D eigenvalue weighted by molar-refractivity contribution is -0.140. The lowest BCUT2D eigenvalue weighted by atomic mass is 10.0. The standard InChI is InChI=1S/C29H34FN3O5S/c1-4-17-31-29(35)27(19-22-9-6-5-7-10-22)32(20-23-11-8-12-26(18-23)38-2)28(34)21-33(39(3,36)37)25-15-13-24(30)14-16-25/h5-16,18,27H,4,17,19-21H2,1-3H3,(H,31,35). The highest BCUT2D eigenvalue weighted by atomic mass is 32.2. The maximum absolute atomic E-state index is 13.9. The van der Waals surface area contributed by atoms with E-state index >= 15 is 0 Å². The van der Waals surface area contributed by atoms with Gasteiger partial charge in [0.05, 0.1) is 19.1 Å². The number of anilines is 1. The van der Waals surface area contributed by atoms with Gasteiger partial charge in [-0.3, -0.25) is 13.9 Å². The minimum absolute atomic E-state index is 0.0358. The lowest BCUT2D eigenvalue weighted by Gasteiger charge is -2.33. The van der Waals surface area contributed by atoms with Crippen molar-refractivity contribution in [3.05, 3.63) is 95.8 Å². The van der Waals surface area contributed by atoms with Crippen LogP contribution in [0.15, 0.2) is 78.9 Å². The van der Waals surface area contributed by atoms with Crippen molar-refractivity contribution in [2.45, 2.75) is 32.4 Å². The summed E-state index contributed by atoms with van der Waals surface area (Å²) in [4.78, 5) is 28.8. The van der Waals surface area contributed by atoms with Crippen molar-refractivity contribution in [1.29, 1.82) is 0 Å². The average Bonchev–Trinajstić information content (AvgIpc) is 2.92. The van der Waals surface area contributed by atoms with Crippen molar-refractivity contribution < 1.29 is 27.1 Å². The molecule has 0 fully saturated rings. The average molecular weight is 556 g/mol. The van der Waals surface area contributed by atoms with Crippen molar-refractivity contribution in [1.82, 2.24) is 10.2 Å². The number of benzene rings is 3. The number of ether oxygens (including phenoxy) is 1. The molecule has 2 amide bonds. The molecular formula is C29H34FN3O5S. The van der Waals surface area contributed by atoms with Gasteiger partial charge in [0.25, 0.3) is 0 Å². The highest BCUT2D eigenvalue weighted by Crippen LogP contribution is 2.22. The van der Waals surface area contributed by atoms with E-state index in [1.165, 1.54) is 24.1 Å². The molecule has 1 N–H and O–H groups in total. The first kappa shape index (κ1) is 29.6. The molecule has 39 heavy (non-hydrogen) atoms. The van der Waals surface area contributed by atoms with Gasteiger partial charge in [-0.1, -0.05) is 49.4 Å². The molecule has 3 aromatic carbocycles. The van der Waals surface area contributed by atoms with Gasteiger partial charge in [0.1, 0.15) is 24.2 Å². The van der Waals surface area contributed by atoms with Gasteiger partial charge in [-0.25, -0.2) is 12.8 Å². The summed E-state index contributed by atoms with van der Waals surface area (Å²) >= 11 is 0. The number of sulfonamides is 1. The molecule has 10 heteroatoms. The third-order valence-electron chi connectivity index (χ3n) is 6.10. The molecule has 8 nitrogen and oxygen atoms in total. The molecule has 0 spiro atoms. The van der Waals surface area contributed by atoms with E-state index in [4.69, 9.17) is 4.74 Å². The molecule has 0 saturated carbocycles. The topological polar surface area (TPSA) is 96.0 Å². The fourth-order valence-electron chi connectivity index (χ4n) is 4.11.